The number of carbonyl (C=O) groups excluding carboxylic acids is 1. The van der Waals surface area contributed by atoms with Crippen LogP contribution in [0.15, 0.2) is 67.0 Å². The Bertz CT molecular complexity index is 892. The predicted octanol–water partition coefficient (Wildman–Crippen LogP) is 3.47. The molecule has 1 N–H and O–H groups in total. The normalized spacial score (nSPS) is 16.5. The molecule has 6 nitrogen and oxygen atoms in total. The molecule has 3 heterocycles. The number of para-hydroxylation sites is 1. The Hall–Kier alpha value is -2.70. The number of rotatable bonds is 5. The summed E-state index contributed by atoms with van der Waals surface area (Å²) in [6.07, 6.45) is 6.62. The van der Waals surface area contributed by atoms with Gasteiger partial charge in [0.1, 0.15) is 0 Å². The summed E-state index contributed by atoms with van der Waals surface area (Å²) < 4.78 is 1.75. The highest BCUT2D eigenvalue weighted by molar-refractivity contribution is 5.92. The van der Waals surface area contributed by atoms with Crippen molar-refractivity contribution in [2.45, 2.75) is 31.8 Å². The predicted molar refractivity (Wildman–Crippen MR) is 115 cm³/mol. The minimum Gasteiger partial charge on any atom is -0.328 e. The van der Waals surface area contributed by atoms with Crippen molar-refractivity contribution in [3.63, 3.8) is 0 Å². The van der Waals surface area contributed by atoms with E-state index in [-0.39, 0.29) is 24.4 Å². The van der Waals surface area contributed by atoms with Crippen molar-refractivity contribution >= 4 is 18.3 Å². The summed E-state index contributed by atoms with van der Waals surface area (Å²) >= 11 is 0. The van der Waals surface area contributed by atoms with Gasteiger partial charge in [-0.25, -0.2) is 4.68 Å². The molecule has 1 amide bonds. The second-order valence-electron chi connectivity index (χ2n) is 7.07. The van der Waals surface area contributed by atoms with Crippen LogP contribution in [0.1, 0.15) is 35.4 Å². The zero-order valence-corrected chi connectivity index (χ0v) is 17.1. The first-order chi connectivity index (χ1) is 13.8. The van der Waals surface area contributed by atoms with Gasteiger partial charge in [0.05, 0.1) is 17.9 Å². The van der Waals surface area contributed by atoms with Crippen LogP contribution in [0.25, 0.3) is 5.69 Å². The van der Waals surface area contributed by atoms with Crippen LogP contribution in [0, 0.1) is 0 Å². The number of hydrogen-bond acceptors (Lipinski definition) is 4. The Balaban J connectivity index is 0.00000240. The van der Waals surface area contributed by atoms with Gasteiger partial charge in [-0.2, -0.15) is 5.10 Å². The summed E-state index contributed by atoms with van der Waals surface area (Å²) in [6, 6.07) is 17.7. The number of nitrogens with one attached hydrogen (secondary N) is 1. The largest absolute Gasteiger partial charge is 0.328 e. The first-order valence-electron chi connectivity index (χ1n) is 9.84. The van der Waals surface area contributed by atoms with E-state index in [1.54, 1.807) is 16.9 Å². The lowest BCUT2D eigenvalue weighted by Gasteiger charge is -2.30. The van der Waals surface area contributed by atoms with E-state index in [1.807, 2.05) is 59.6 Å². The van der Waals surface area contributed by atoms with E-state index in [0.29, 0.717) is 12.2 Å². The lowest BCUT2D eigenvalue weighted by Crippen LogP contribution is -2.40. The standard InChI is InChI=1S/C22H25N5O.ClH/c28-22(21-12-16-27(25-21)20-8-2-1-3-9-20)26(17-18-7-4-5-14-24-18)19-10-6-13-23-15-11-19;/h1-5,7-9,12,14,16,19,23H,6,10-11,13,15,17H2;1H. The molecule has 1 aliphatic rings. The van der Waals surface area contributed by atoms with Gasteiger partial charge in [-0.1, -0.05) is 24.3 Å². The number of amides is 1. The van der Waals surface area contributed by atoms with Gasteiger partial charge in [-0.05, 0) is 62.7 Å². The molecule has 0 saturated carbocycles. The number of pyridine rings is 1. The molecule has 4 rings (SSSR count). The number of carbonyl (C=O) groups is 1. The second-order valence-corrected chi connectivity index (χ2v) is 7.07. The number of benzene rings is 1. The molecule has 1 saturated heterocycles. The van der Waals surface area contributed by atoms with E-state index in [1.165, 1.54) is 0 Å². The van der Waals surface area contributed by atoms with Crippen LogP contribution in [-0.4, -0.2) is 44.7 Å². The highest BCUT2D eigenvalue weighted by atomic mass is 35.5. The summed E-state index contributed by atoms with van der Waals surface area (Å²) in [5.41, 5.74) is 2.31. The monoisotopic (exact) mass is 411 g/mol. The van der Waals surface area contributed by atoms with Crippen LogP contribution < -0.4 is 5.32 Å². The molecule has 0 bridgehead atoms. The van der Waals surface area contributed by atoms with E-state index in [2.05, 4.69) is 15.4 Å². The van der Waals surface area contributed by atoms with Gasteiger partial charge in [-0.15, -0.1) is 12.4 Å². The Morgan fingerprint density at radius 1 is 1.07 bits per heavy atom. The Morgan fingerprint density at radius 2 is 1.90 bits per heavy atom. The van der Waals surface area contributed by atoms with Crippen LogP contribution >= 0.6 is 12.4 Å². The van der Waals surface area contributed by atoms with Gasteiger partial charge in [0.25, 0.3) is 5.91 Å². The molecule has 0 spiro atoms. The fourth-order valence-corrected chi connectivity index (χ4v) is 3.65. The maximum atomic E-state index is 13.4. The quantitative estimate of drug-likeness (QED) is 0.698. The molecule has 2 aromatic heterocycles. The van der Waals surface area contributed by atoms with Crippen molar-refractivity contribution in [2.24, 2.45) is 0 Å². The van der Waals surface area contributed by atoms with Gasteiger partial charge in [0, 0.05) is 18.4 Å². The molecule has 0 aliphatic carbocycles. The molecule has 3 aromatic rings. The van der Waals surface area contributed by atoms with Crippen molar-refractivity contribution in [1.29, 1.82) is 0 Å². The molecule has 29 heavy (non-hydrogen) atoms. The number of hydrogen-bond donors (Lipinski definition) is 1. The van der Waals surface area contributed by atoms with Gasteiger partial charge in [-0.3, -0.25) is 9.78 Å². The first-order valence-corrected chi connectivity index (χ1v) is 9.84. The van der Waals surface area contributed by atoms with Crippen molar-refractivity contribution in [2.75, 3.05) is 13.1 Å². The summed E-state index contributed by atoms with van der Waals surface area (Å²) in [4.78, 5) is 19.8. The Labute approximate surface area is 177 Å². The second kappa shape index (κ2) is 10.2. The topological polar surface area (TPSA) is 63.1 Å². The molecule has 1 fully saturated rings. The van der Waals surface area contributed by atoms with Crippen LogP contribution in [0.3, 0.4) is 0 Å². The van der Waals surface area contributed by atoms with Crippen LogP contribution in [0.4, 0.5) is 0 Å². The average Bonchev–Trinajstić information content (AvgIpc) is 3.09. The fraction of sp³-hybridized carbons (Fsp3) is 0.318. The van der Waals surface area contributed by atoms with Gasteiger partial charge in [0.15, 0.2) is 5.69 Å². The summed E-state index contributed by atoms with van der Waals surface area (Å²) in [5.74, 6) is -0.0350. The third-order valence-electron chi connectivity index (χ3n) is 5.13. The smallest absolute Gasteiger partial charge is 0.274 e. The third kappa shape index (κ3) is 5.22. The SMILES string of the molecule is Cl.O=C(c1ccn(-c2ccccc2)n1)N(Cc1ccccn1)C1CCCNCC1. The molecule has 1 unspecified atom stereocenters. The molecule has 1 aromatic carbocycles. The van der Waals surface area contributed by atoms with Crippen molar-refractivity contribution in [1.82, 2.24) is 25.0 Å². The van der Waals surface area contributed by atoms with Crippen molar-refractivity contribution < 1.29 is 4.79 Å². The molecule has 152 valence electrons. The van der Waals surface area contributed by atoms with Crippen molar-refractivity contribution in [3.05, 3.63) is 78.4 Å². The maximum absolute atomic E-state index is 13.4. The number of halogens is 1. The van der Waals surface area contributed by atoms with E-state index in [4.69, 9.17) is 0 Å². The zero-order chi connectivity index (χ0) is 19.2. The van der Waals surface area contributed by atoms with E-state index < -0.39 is 0 Å². The van der Waals surface area contributed by atoms with Crippen LogP contribution in [-0.2, 0) is 6.54 Å². The molecule has 7 heteroatoms. The third-order valence-corrected chi connectivity index (χ3v) is 5.13. The summed E-state index contributed by atoms with van der Waals surface area (Å²) in [7, 11) is 0. The minimum absolute atomic E-state index is 0. The Kier molecular flexibility index (Phi) is 7.38. The molecule has 0 radical (unpaired) electrons. The van der Waals surface area contributed by atoms with Gasteiger partial charge in [0.2, 0.25) is 0 Å². The van der Waals surface area contributed by atoms with E-state index in [9.17, 15) is 4.79 Å². The number of nitrogens with zero attached hydrogens (tertiary/aromatic N) is 4. The molecular weight excluding hydrogens is 386 g/mol. The van der Waals surface area contributed by atoms with Crippen LogP contribution in [0.2, 0.25) is 0 Å². The highest BCUT2D eigenvalue weighted by Gasteiger charge is 2.27. The Morgan fingerprint density at radius 3 is 2.69 bits per heavy atom. The first kappa shape index (κ1) is 21.0. The van der Waals surface area contributed by atoms with E-state index in [0.717, 1.165) is 43.7 Å². The maximum Gasteiger partial charge on any atom is 0.274 e. The van der Waals surface area contributed by atoms with Crippen molar-refractivity contribution in [3.8, 4) is 5.69 Å². The number of aromatic nitrogens is 3. The van der Waals surface area contributed by atoms with E-state index >= 15 is 0 Å². The lowest BCUT2D eigenvalue weighted by molar-refractivity contribution is 0.0635. The molecular formula is C22H26ClN5O. The summed E-state index contributed by atoms with van der Waals surface area (Å²) in [5, 5.41) is 7.98. The van der Waals surface area contributed by atoms with Gasteiger partial charge >= 0.3 is 0 Å². The zero-order valence-electron chi connectivity index (χ0n) is 16.3. The highest BCUT2D eigenvalue weighted by Crippen LogP contribution is 2.19. The van der Waals surface area contributed by atoms with Crippen LogP contribution in [0.5, 0.6) is 0 Å². The molecule has 1 atom stereocenters. The average molecular weight is 412 g/mol. The van der Waals surface area contributed by atoms with Gasteiger partial charge < -0.3 is 10.2 Å². The summed E-state index contributed by atoms with van der Waals surface area (Å²) in [6.45, 7) is 2.43. The fourth-order valence-electron chi connectivity index (χ4n) is 3.65. The minimum atomic E-state index is -0.0350. The molecule has 1 aliphatic heterocycles. The lowest BCUT2D eigenvalue weighted by atomic mass is 10.1.